The molecule has 3 nitrogen and oxygen atoms in total. The van der Waals surface area contributed by atoms with Crippen molar-refractivity contribution in [3.8, 4) is 5.75 Å². The SMILES string of the molecule is CCc1ccc(OC)c(CCN(C)CNC)c1. The smallest absolute Gasteiger partial charge is 0.122 e. The zero-order chi connectivity index (χ0) is 12.7. The largest absolute Gasteiger partial charge is 0.496 e. The zero-order valence-electron chi connectivity index (χ0n) is 11.4. The maximum absolute atomic E-state index is 5.40. The van der Waals surface area contributed by atoms with Crippen LogP contribution in [-0.2, 0) is 12.8 Å². The summed E-state index contributed by atoms with van der Waals surface area (Å²) in [5, 5.41) is 3.15. The quantitative estimate of drug-likeness (QED) is 0.732. The van der Waals surface area contributed by atoms with Crippen molar-refractivity contribution in [3.63, 3.8) is 0 Å². The Morgan fingerprint density at radius 3 is 2.71 bits per heavy atom. The molecule has 17 heavy (non-hydrogen) atoms. The average Bonchev–Trinajstić information content (AvgIpc) is 2.36. The van der Waals surface area contributed by atoms with Gasteiger partial charge in [0, 0.05) is 13.2 Å². The molecule has 0 atom stereocenters. The lowest BCUT2D eigenvalue weighted by molar-refractivity contribution is 0.318. The van der Waals surface area contributed by atoms with Gasteiger partial charge in [0.25, 0.3) is 0 Å². The molecule has 1 rings (SSSR count). The van der Waals surface area contributed by atoms with Gasteiger partial charge in [-0.05, 0) is 44.1 Å². The van der Waals surface area contributed by atoms with Crippen LogP contribution in [0.15, 0.2) is 18.2 Å². The number of methoxy groups -OCH3 is 1. The molecule has 0 fully saturated rings. The summed E-state index contributed by atoms with van der Waals surface area (Å²) in [4.78, 5) is 2.26. The van der Waals surface area contributed by atoms with E-state index in [0.717, 1.165) is 31.8 Å². The molecule has 0 spiro atoms. The fourth-order valence-corrected chi connectivity index (χ4v) is 1.91. The van der Waals surface area contributed by atoms with Crippen LogP contribution < -0.4 is 10.1 Å². The Labute approximate surface area is 105 Å². The van der Waals surface area contributed by atoms with Gasteiger partial charge >= 0.3 is 0 Å². The highest BCUT2D eigenvalue weighted by molar-refractivity contribution is 5.37. The van der Waals surface area contributed by atoms with Crippen molar-refractivity contribution in [2.24, 2.45) is 0 Å². The van der Waals surface area contributed by atoms with Crippen LogP contribution >= 0.6 is 0 Å². The molecule has 0 radical (unpaired) electrons. The molecule has 1 N–H and O–H groups in total. The van der Waals surface area contributed by atoms with Gasteiger partial charge in [0.2, 0.25) is 0 Å². The molecule has 0 bridgehead atoms. The van der Waals surface area contributed by atoms with Crippen LogP contribution in [0.2, 0.25) is 0 Å². The Morgan fingerprint density at radius 2 is 2.12 bits per heavy atom. The van der Waals surface area contributed by atoms with Crippen LogP contribution in [0.1, 0.15) is 18.1 Å². The van der Waals surface area contributed by atoms with Gasteiger partial charge in [0.15, 0.2) is 0 Å². The molecule has 96 valence electrons. The van der Waals surface area contributed by atoms with E-state index in [1.54, 1.807) is 7.11 Å². The van der Waals surface area contributed by atoms with E-state index in [-0.39, 0.29) is 0 Å². The minimum atomic E-state index is 0.912. The third-order valence-corrected chi connectivity index (χ3v) is 2.94. The molecule has 0 saturated carbocycles. The lowest BCUT2D eigenvalue weighted by atomic mass is 10.1. The van der Waals surface area contributed by atoms with Crippen LogP contribution in [0.5, 0.6) is 5.75 Å². The highest BCUT2D eigenvalue weighted by Gasteiger charge is 2.05. The predicted octanol–water partition coefficient (Wildman–Crippen LogP) is 1.91. The monoisotopic (exact) mass is 236 g/mol. The van der Waals surface area contributed by atoms with Crippen molar-refractivity contribution in [3.05, 3.63) is 29.3 Å². The Morgan fingerprint density at radius 1 is 1.35 bits per heavy atom. The maximum Gasteiger partial charge on any atom is 0.122 e. The van der Waals surface area contributed by atoms with Gasteiger partial charge in [-0.3, -0.25) is 4.90 Å². The fraction of sp³-hybridized carbons (Fsp3) is 0.571. The van der Waals surface area contributed by atoms with E-state index in [4.69, 9.17) is 4.74 Å². The summed E-state index contributed by atoms with van der Waals surface area (Å²) >= 11 is 0. The third-order valence-electron chi connectivity index (χ3n) is 2.94. The molecule has 3 heteroatoms. The first kappa shape index (κ1) is 14.0. The van der Waals surface area contributed by atoms with Crippen molar-refractivity contribution in [1.29, 1.82) is 0 Å². The topological polar surface area (TPSA) is 24.5 Å². The van der Waals surface area contributed by atoms with Crippen LogP contribution in [-0.4, -0.2) is 39.3 Å². The Balaban J connectivity index is 2.67. The molecule has 0 aliphatic heterocycles. The number of nitrogens with one attached hydrogen (secondary N) is 1. The molecule has 0 aliphatic rings. The van der Waals surface area contributed by atoms with E-state index < -0.39 is 0 Å². The van der Waals surface area contributed by atoms with E-state index in [1.807, 2.05) is 7.05 Å². The van der Waals surface area contributed by atoms with Crippen LogP contribution in [0.3, 0.4) is 0 Å². The van der Waals surface area contributed by atoms with Crippen molar-refractivity contribution < 1.29 is 4.74 Å². The first-order valence-corrected chi connectivity index (χ1v) is 6.20. The van der Waals surface area contributed by atoms with Gasteiger partial charge in [0.05, 0.1) is 7.11 Å². The molecule has 1 aromatic rings. The molecule has 0 aromatic heterocycles. The molecule has 0 aliphatic carbocycles. The fourth-order valence-electron chi connectivity index (χ4n) is 1.91. The Kier molecular flexibility index (Phi) is 6.01. The normalized spacial score (nSPS) is 10.9. The summed E-state index contributed by atoms with van der Waals surface area (Å²) in [5.41, 5.74) is 2.67. The highest BCUT2D eigenvalue weighted by Crippen LogP contribution is 2.20. The summed E-state index contributed by atoms with van der Waals surface area (Å²) < 4.78 is 5.40. The van der Waals surface area contributed by atoms with Crippen molar-refractivity contribution in [2.75, 3.05) is 34.4 Å². The van der Waals surface area contributed by atoms with Crippen molar-refractivity contribution in [2.45, 2.75) is 19.8 Å². The summed E-state index contributed by atoms with van der Waals surface area (Å²) in [6.07, 6.45) is 2.10. The molecule has 1 aromatic carbocycles. The number of hydrogen-bond donors (Lipinski definition) is 1. The second-order valence-electron chi connectivity index (χ2n) is 4.34. The van der Waals surface area contributed by atoms with E-state index in [0.29, 0.717) is 0 Å². The summed E-state index contributed by atoms with van der Waals surface area (Å²) in [7, 11) is 5.82. The zero-order valence-corrected chi connectivity index (χ0v) is 11.4. The molecule has 0 saturated heterocycles. The molecular weight excluding hydrogens is 212 g/mol. The first-order valence-electron chi connectivity index (χ1n) is 6.20. The molecular formula is C14H24N2O. The standard InChI is InChI=1S/C14H24N2O/c1-5-12-6-7-14(17-4)13(10-12)8-9-16(3)11-15-2/h6-7,10,15H,5,8-9,11H2,1-4H3. The van der Waals surface area contributed by atoms with Gasteiger partial charge in [-0.2, -0.15) is 0 Å². The lowest BCUT2D eigenvalue weighted by Crippen LogP contribution is -2.30. The van der Waals surface area contributed by atoms with Crippen molar-refractivity contribution in [1.82, 2.24) is 10.2 Å². The van der Waals surface area contributed by atoms with Crippen LogP contribution in [0.4, 0.5) is 0 Å². The van der Waals surface area contributed by atoms with E-state index in [1.165, 1.54) is 11.1 Å². The Hall–Kier alpha value is -1.06. The van der Waals surface area contributed by atoms with Gasteiger partial charge in [-0.25, -0.2) is 0 Å². The molecule has 0 unspecified atom stereocenters. The number of aryl methyl sites for hydroxylation is 1. The minimum Gasteiger partial charge on any atom is -0.496 e. The summed E-state index contributed by atoms with van der Waals surface area (Å²) in [5.74, 6) is 1.00. The minimum absolute atomic E-state index is 0.912. The van der Waals surface area contributed by atoms with Gasteiger partial charge in [0.1, 0.15) is 5.75 Å². The van der Waals surface area contributed by atoms with Crippen LogP contribution in [0.25, 0.3) is 0 Å². The van der Waals surface area contributed by atoms with Gasteiger partial charge in [-0.1, -0.05) is 19.1 Å². The predicted molar refractivity (Wildman–Crippen MR) is 72.6 cm³/mol. The van der Waals surface area contributed by atoms with Gasteiger partial charge in [-0.15, -0.1) is 0 Å². The Bertz CT molecular complexity index is 339. The highest BCUT2D eigenvalue weighted by atomic mass is 16.5. The first-order chi connectivity index (χ1) is 8.21. The van der Waals surface area contributed by atoms with Crippen LogP contribution in [0, 0.1) is 0 Å². The van der Waals surface area contributed by atoms with E-state index in [9.17, 15) is 0 Å². The average molecular weight is 236 g/mol. The number of ether oxygens (including phenoxy) is 1. The number of hydrogen-bond acceptors (Lipinski definition) is 3. The lowest BCUT2D eigenvalue weighted by Gasteiger charge is -2.17. The molecule has 0 amide bonds. The van der Waals surface area contributed by atoms with E-state index >= 15 is 0 Å². The third kappa shape index (κ3) is 4.36. The number of nitrogens with zero attached hydrogens (tertiary/aromatic N) is 1. The number of rotatable bonds is 7. The van der Waals surface area contributed by atoms with Gasteiger partial charge < -0.3 is 10.1 Å². The van der Waals surface area contributed by atoms with E-state index in [2.05, 4.69) is 42.4 Å². The second kappa shape index (κ2) is 7.30. The number of likely N-dealkylation sites (N-methyl/N-ethyl adjacent to an activating group) is 1. The number of benzene rings is 1. The summed E-state index contributed by atoms with van der Waals surface area (Å²) in [6.45, 7) is 4.12. The summed E-state index contributed by atoms with van der Waals surface area (Å²) in [6, 6.07) is 6.47. The maximum atomic E-state index is 5.40. The molecule has 0 heterocycles. The van der Waals surface area contributed by atoms with Crippen molar-refractivity contribution >= 4 is 0 Å². The second-order valence-corrected chi connectivity index (χ2v) is 4.34.